The van der Waals surface area contributed by atoms with Gasteiger partial charge in [0.05, 0.1) is 5.69 Å². The molecule has 0 aliphatic heterocycles. The van der Waals surface area contributed by atoms with Gasteiger partial charge in [0.15, 0.2) is 6.04 Å². The maximum Gasteiger partial charge on any atom is 0.332 e. The third-order valence-corrected chi connectivity index (χ3v) is 3.09. The predicted molar refractivity (Wildman–Crippen MR) is 77.1 cm³/mol. The van der Waals surface area contributed by atoms with Crippen LogP contribution in [0, 0.1) is 6.92 Å². The molecule has 0 aliphatic rings. The van der Waals surface area contributed by atoms with Crippen molar-refractivity contribution in [2.45, 2.75) is 13.0 Å². The molecule has 0 aliphatic carbocycles. The number of pyridine rings is 1. The largest absolute Gasteiger partial charge is 0.479 e. The number of carbonyl (C=O) groups is 1. The van der Waals surface area contributed by atoms with Crippen LogP contribution in [0.5, 0.6) is 0 Å². The lowest BCUT2D eigenvalue weighted by Gasteiger charge is -2.15. The van der Waals surface area contributed by atoms with Crippen LogP contribution in [0.25, 0.3) is 0 Å². The van der Waals surface area contributed by atoms with E-state index in [9.17, 15) is 9.90 Å². The number of aromatic nitrogens is 1. The molecule has 1 atom stereocenters. The van der Waals surface area contributed by atoms with Gasteiger partial charge in [-0.3, -0.25) is 4.98 Å². The highest BCUT2D eigenvalue weighted by Gasteiger charge is 2.20. The average Bonchev–Trinajstić information content (AvgIpc) is 2.37. The smallest absolute Gasteiger partial charge is 0.332 e. The lowest BCUT2D eigenvalue weighted by molar-refractivity contribution is -0.138. The second kappa shape index (κ2) is 5.84. The molecule has 0 spiro atoms. The van der Waals surface area contributed by atoms with Crippen LogP contribution in [0.3, 0.4) is 0 Å². The van der Waals surface area contributed by atoms with Crippen molar-refractivity contribution in [2.24, 2.45) is 0 Å². The molecule has 2 aromatic rings. The highest BCUT2D eigenvalue weighted by Crippen LogP contribution is 2.20. The quantitative estimate of drug-likeness (QED) is 0.906. The zero-order valence-electron chi connectivity index (χ0n) is 10.3. The summed E-state index contributed by atoms with van der Waals surface area (Å²) >= 11 is 3.28. The van der Waals surface area contributed by atoms with Crippen LogP contribution in [-0.2, 0) is 4.79 Å². The summed E-state index contributed by atoms with van der Waals surface area (Å²) in [6.45, 7) is 1.96. The Labute approximate surface area is 119 Å². The van der Waals surface area contributed by atoms with Crippen LogP contribution in [-0.4, -0.2) is 16.1 Å². The van der Waals surface area contributed by atoms with E-state index in [-0.39, 0.29) is 0 Å². The molecule has 2 N–H and O–H groups in total. The number of aryl methyl sites for hydroxylation is 1. The number of nitrogens with one attached hydrogen (secondary N) is 1. The maximum atomic E-state index is 11.4. The van der Waals surface area contributed by atoms with E-state index in [4.69, 9.17) is 0 Å². The highest BCUT2D eigenvalue weighted by atomic mass is 79.9. The Kier molecular flexibility index (Phi) is 4.16. The molecule has 1 unspecified atom stereocenters. The summed E-state index contributed by atoms with van der Waals surface area (Å²) in [6.07, 6.45) is 1.59. The minimum Gasteiger partial charge on any atom is -0.479 e. The van der Waals surface area contributed by atoms with Gasteiger partial charge in [-0.2, -0.15) is 0 Å². The summed E-state index contributed by atoms with van der Waals surface area (Å²) in [5.74, 6) is -0.962. The zero-order chi connectivity index (χ0) is 13.8. The zero-order valence-corrected chi connectivity index (χ0v) is 11.9. The molecule has 1 aromatic carbocycles. The molecule has 4 nitrogen and oxygen atoms in total. The molecule has 0 saturated carbocycles. The van der Waals surface area contributed by atoms with Crippen molar-refractivity contribution >= 4 is 27.6 Å². The van der Waals surface area contributed by atoms with E-state index in [1.807, 2.05) is 31.2 Å². The molecule has 0 saturated heterocycles. The normalized spacial score (nSPS) is 11.9. The van der Waals surface area contributed by atoms with E-state index in [0.29, 0.717) is 5.69 Å². The lowest BCUT2D eigenvalue weighted by Crippen LogP contribution is -2.21. The molecular weight excluding hydrogens is 308 g/mol. The van der Waals surface area contributed by atoms with Gasteiger partial charge >= 0.3 is 5.97 Å². The number of nitrogens with zero attached hydrogens (tertiary/aromatic N) is 1. The summed E-state index contributed by atoms with van der Waals surface area (Å²) in [5.41, 5.74) is 2.30. The monoisotopic (exact) mass is 320 g/mol. The first-order chi connectivity index (χ1) is 9.06. The summed E-state index contributed by atoms with van der Waals surface area (Å²) < 4.78 is 0.816. The fraction of sp³-hybridized carbons (Fsp3) is 0.143. The van der Waals surface area contributed by atoms with Gasteiger partial charge < -0.3 is 10.4 Å². The van der Waals surface area contributed by atoms with Crippen LogP contribution in [0.15, 0.2) is 47.1 Å². The molecular formula is C14H13BrN2O2. The third kappa shape index (κ3) is 3.54. The average molecular weight is 321 g/mol. The third-order valence-electron chi connectivity index (χ3n) is 2.62. The van der Waals surface area contributed by atoms with E-state index < -0.39 is 12.0 Å². The number of carboxylic acids is 1. The van der Waals surface area contributed by atoms with Crippen LogP contribution < -0.4 is 5.32 Å². The minimum absolute atomic E-state index is 0.470. The Morgan fingerprint density at radius 2 is 2.16 bits per heavy atom. The molecule has 98 valence electrons. The SMILES string of the molecule is Cc1cccc(NC(C(=O)O)c2ccc(Br)cn2)c1. The number of hydrogen-bond donors (Lipinski definition) is 2. The maximum absolute atomic E-state index is 11.4. The van der Waals surface area contributed by atoms with Crippen molar-refractivity contribution in [2.75, 3.05) is 5.32 Å². The summed E-state index contributed by atoms with van der Waals surface area (Å²) in [6, 6.07) is 10.2. The Morgan fingerprint density at radius 3 is 2.74 bits per heavy atom. The second-order valence-corrected chi connectivity index (χ2v) is 5.10. The second-order valence-electron chi connectivity index (χ2n) is 4.19. The van der Waals surface area contributed by atoms with Crippen molar-refractivity contribution in [3.05, 3.63) is 58.3 Å². The first-order valence-electron chi connectivity index (χ1n) is 5.74. The van der Waals surface area contributed by atoms with Gasteiger partial charge in [0, 0.05) is 16.4 Å². The number of aliphatic carboxylic acids is 1. The summed E-state index contributed by atoms with van der Waals surface area (Å²) in [4.78, 5) is 15.5. The van der Waals surface area contributed by atoms with Gasteiger partial charge in [-0.25, -0.2) is 4.79 Å². The number of benzene rings is 1. The van der Waals surface area contributed by atoms with Gasteiger partial charge in [-0.05, 0) is 52.7 Å². The van der Waals surface area contributed by atoms with Crippen LogP contribution in [0.4, 0.5) is 5.69 Å². The van der Waals surface area contributed by atoms with Crippen molar-refractivity contribution in [1.82, 2.24) is 4.98 Å². The topological polar surface area (TPSA) is 62.2 Å². The van der Waals surface area contributed by atoms with Crippen molar-refractivity contribution < 1.29 is 9.90 Å². The molecule has 2 rings (SSSR count). The fourth-order valence-electron chi connectivity index (χ4n) is 1.72. The lowest BCUT2D eigenvalue weighted by atomic mass is 10.1. The van der Waals surface area contributed by atoms with Crippen molar-refractivity contribution in [3.63, 3.8) is 0 Å². The number of hydrogen-bond acceptors (Lipinski definition) is 3. The van der Waals surface area contributed by atoms with Gasteiger partial charge in [-0.15, -0.1) is 0 Å². The molecule has 19 heavy (non-hydrogen) atoms. The number of rotatable bonds is 4. The van der Waals surface area contributed by atoms with E-state index in [0.717, 1.165) is 15.7 Å². The molecule has 0 radical (unpaired) electrons. The number of anilines is 1. The van der Waals surface area contributed by atoms with Crippen molar-refractivity contribution in [1.29, 1.82) is 0 Å². The Balaban J connectivity index is 2.26. The molecule has 0 bridgehead atoms. The molecule has 0 amide bonds. The van der Waals surface area contributed by atoms with Crippen molar-refractivity contribution in [3.8, 4) is 0 Å². The molecule has 1 heterocycles. The highest BCUT2D eigenvalue weighted by molar-refractivity contribution is 9.10. The van der Waals surface area contributed by atoms with E-state index >= 15 is 0 Å². The van der Waals surface area contributed by atoms with Gasteiger partial charge in [0.2, 0.25) is 0 Å². The van der Waals surface area contributed by atoms with Gasteiger partial charge in [0.1, 0.15) is 0 Å². The Morgan fingerprint density at radius 1 is 1.37 bits per heavy atom. The van der Waals surface area contributed by atoms with Gasteiger partial charge in [0.25, 0.3) is 0 Å². The first-order valence-corrected chi connectivity index (χ1v) is 6.53. The van der Waals surface area contributed by atoms with E-state index in [1.165, 1.54) is 0 Å². The molecule has 5 heteroatoms. The van der Waals surface area contributed by atoms with E-state index in [1.54, 1.807) is 18.3 Å². The Bertz CT molecular complexity index is 584. The first kappa shape index (κ1) is 13.5. The predicted octanol–water partition coefficient (Wildman–Crippen LogP) is 3.39. The standard InChI is InChI=1S/C14H13BrN2O2/c1-9-3-2-4-11(7-9)17-13(14(18)19)12-6-5-10(15)8-16-12/h2-8,13,17H,1H3,(H,18,19). The Hall–Kier alpha value is -1.88. The van der Waals surface area contributed by atoms with E-state index in [2.05, 4.69) is 26.2 Å². The van der Waals surface area contributed by atoms with Crippen LogP contribution >= 0.6 is 15.9 Å². The fourth-order valence-corrected chi connectivity index (χ4v) is 1.96. The molecule has 0 fully saturated rings. The summed E-state index contributed by atoms with van der Waals surface area (Å²) in [5, 5.41) is 12.3. The van der Waals surface area contributed by atoms with Crippen LogP contribution in [0.2, 0.25) is 0 Å². The molecule has 1 aromatic heterocycles. The number of halogens is 1. The number of carboxylic acid groups (broad SMARTS) is 1. The van der Waals surface area contributed by atoms with Gasteiger partial charge in [-0.1, -0.05) is 12.1 Å². The summed E-state index contributed by atoms with van der Waals surface area (Å²) in [7, 11) is 0. The van der Waals surface area contributed by atoms with Crippen LogP contribution in [0.1, 0.15) is 17.3 Å². The minimum atomic E-state index is -0.962.